The molecule has 0 unspecified atom stereocenters. The van der Waals surface area contributed by atoms with Crippen molar-refractivity contribution in [1.82, 2.24) is 15.1 Å². The van der Waals surface area contributed by atoms with Crippen LogP contribution in [0.15, 0.2) is 60.7 Å². The summed E-state index contributed by atoms with van der Waals surface area (Å²) in [7, 11) is 9.35. The zero-order valence-electron chi connectivity index (χ0n) is 30.1. The fourth-order valence-corrected chi connectivity index (χ4v) is 7.65. The second-order valence-corrected chi connectivity index (χ2v) is 13.9. The van der Waals surface area contributed by atoms with Gasteiger partial charge in [-0.3, -0.25) is 14.6 Å². The van der Waals surface area contributed by atoms with Crippen molar-refractivity contribution >= 4 is 5.91 Å². The molecule has 4 heterocycles. The molecule has 262 valence electrons. The Bertz CT molecular complexity index is 1910. The molecule has 0 spiro atoms. The fourth-order valence-electron chi connectivity index (χ4n) is 7.65. The molecular weight excluding hydrogens is 630 g/mol. The van der Waals surface area contributed by atoms with Gasteiger partial charge < -0.3 is 29.0 Å². The van der Waals surface area contributed by atoms with E-state index in [9.17, 15) is 4.79 Å². The summed E-state index contributed by atoms with van der Waals surface area (Å²) >= 11 is 0. The second kappa shape index (κ2) is 13.9. The van der Waals surface area contributed by atoms with Crippen molar-refractivity contribution in [2.45, 2.75) is 57.7 Å². The SMILES string of the molecule is COc1cc2c3cc1Oc1c(OC)c(OC)cc4c1[C@H](Cc1ccc(cc1)Oc1cc(ccc1C(=O)NC(C)C)C[C@H]3N(C)CC2)N(C)CC4. The van der Waals surface area contributed by atoms with E-state index in [0.717, 1.165) is 49.0 Å². The molecule has 0 fully saturated rings. The van der Waals surface area contributed by atoms with Crippen LogP contribution in [0.4, 0.5) is 0 Å². The molecule has 0 saturated carbocycles. The van der Waals surface area contributed by atoms with Crippen LogP contribution < -0.4 is 29.0 Å². The maximum absolute atomic E-state index is 13.3. The van der Waals surface area contributed by atoms with E-state index in [-0.39, 0.29) is 24.0 Å². The van der Waals surface area contributed by atoms with Gasteiger partial charge in [-0.2, -0.15) is 0 Å². The van der Waals surface area contributed by atoms with Crippen LogP contribution in [0.5, 0.6) is 40.2 Å². The third-order valence-electron chi connectivity index (χ3n) is 10.3. The van der Waals surface area contributed by atoms with Crippen molar-refractivity contribution in [3.8, 4) is 40.2 Å². The Hall–Kier alpha value is -4.73. The summed E-state index contributed by atoms with van der Waals surface area (Å²) in [4.78, 5) is 18.1. The van der Waals surface area contributed by atoms with Crippen molar-refractivity contribution in [2.24, 2.45) is 0 Å². The average Bonchev–Trinajstić information content (AvgIpc) is 3.10. The molecule has 0 aliphatic carbocycles. The number of carbonyl (C=O) groups is 1. The lowest BCUT2D eigenvalue weighted by Crippen LogP contribution is -2.34. The topological polar surface area (TPSA) is 81.7 Å². The Morgan fingerprint density at radius 2 is 1.42 bits per heavy atom. The number of nitrogens with zero attached hydrogens (tertiary/aromatic N) is 2. The summed E-state index contributed by atoms with van der Waals surface area (Å²) in [6.07, 6.45) is 3.19. The number of hydrogen-bond donors (Lipinski definition) is 1. The van der Waals surface area contributed by atoms with Gasteiger partial charge in [0.25, 0.3) is 5.91 Å². The number of amides is 1. The van der Waals surface area contributed by atoms with Crippen LogP contribution in [0.2, 0.25) is 0 Å². The summed E-state index contributed by atoms with van der Waals surface area (Å²) < 4.78 is 31.5. The molecule has 9 nitrogen and oxygen atoms in total. The minimum atomic E-state index is -0.156. The molecule has 9 heteroatoms. The number of nitrogens with one attached hydrogen (secondary N) is 1. The maximum Gasteiger partial charge on any atom is 0.255 e. The molecule has 4 aliphatic heterocycles. The van der Waals surface area contributed by atoms with Crippen molar-refractivity contribution in [1.29, 1.82) is 0 Å². The van der Waals surface area contributed by atoms with Gasteiger partial charge in [0.15, 0.2) is 23.0 Å². The summed E-state index contributed by atoms with van der Waals surface area (Å²) in [5, 5.41) is 3.04. The maximum atomic E-state index is 13.3. The largest absolute Gasteiger partial charge is 0.493 e. The first-order valence-corrected chi connectivity index (χ1v) is 17.4. The van der Waals surface area contributed by atoms with E-state index in [2.05, 4.69) is 59.5 Å². The van der Waals surface area contributed by atoms with Gasteiger partial charge in [0.05, 0.1) is 26.9 Å². The van der Waals surface area contributed by atoms with Crippen LogP contribution in [-0.2, 0) is 25.7 Å². The van der Waals surface area contributed by atoms with Crippen LogP contribution in [0.1, 0.15) is 69.7 Å². The number of ether oxygens (including phenoxy) is 5. The van der Waals surface area contributed by atoms with E-state index >= 15 is 0 Å². The second-order valence-electron chi connectivity index (χ2n) is 13.9. The molecule has 0 radical (unpaired) electrons. The monoisotopic (exact) mass is 677 g/mol. The van der Waals surface area contributed by atoms with Gasteiger partial charge in [0.2, 0.25) is 5.75 Å². The summed E-state index contributed by atoms with van der Waals surface area (Å²) in [6.45, 7) is 5.71. The quantitative estimate of drug-likeness (QED) is 0.236. The first-order valence-electron chi connectivity index (χ1n) is 17.4. The lowest BCUT2D eigenvalue weighted by atomic mass is 9.87. The first kappa shape index (κ1) is 33.8. The van der Waals surface area contributed by atoms with E-state index in [1.165, 1.54) is 16.7 Å². The van der Waals surface area contributed by atoms with Crippen molar-refractivity contribution in [3.05, 3.63) is 99.6 Å². The highest BCUT2D eigenvalue weighted by Gasteiger charge is 2.34. The summed E-state index contributed by atoms with van der Waals surface area (Å²) in [5.74, 6) is 4.22. The molecule has 2 atom stereocenters. The number of carbonyl (C=O) groups excluding carboxylic acids is 1. The van der Waals surface area contributed by atoms with E-state index in [4.69, 9.17) is 23.7 Å². The highest BCUT2D eigenvalue weighted by molar-refractivity contribution is 5.97. The van der Waals surface area contributed by atoms with E-state index in [1.54, 1.807) is 21.3 Å². The predicted octanol–water partition coefficient (Wildman–Crippen LogP) is 7.29. The number of methoxy groups -OCH3 is 3. The Balaban J connectivity index is 1.44. The van der Waals surface area contributed by atoms with E-state index < -0.39 is 0 Å². The summed E-state index contributed by atoms with van der Waals surface area (Å²) in [5.41, 5.74) is 7.39. The molecule has 4 aromatic carbocycles. The highest BCUT2D eigenvalue weighted by Crippen LogP contribution is 2.51. The van der Waals surface area contributed by atoms with Crippen molar-refractivity contribution < 1.29 is 28.5 Å². The predicted molar refractivity (Wildman–Crippen MR) is 194 cm³/mol. The third kappa shape index (κ3) is 6.36. The molecule has 6 bridgehead atoms. The van der Waals surface area contributed by atoms with Crippen molar-refractivity contribution in [3.63, 3.8) is 0 Å². The van der Waals surface area contributed by atoms with Gasteiger partial charge >= 0.3 is 0 Å². The highest BCUT2D eigenvalue weighted by atomic mass is 16.5. The Morgan fingerprint density at radius 1 is 0.760 bits per heavy atom. The molecule has 4 aliphatic rings. The number of likely N-dealkylation sites (N-methyl/N-ethyl adjacent to an activating group) is 2. The third-order valence-corrected chi connectivity index (χ3v) is 10.3. The van der Waals surface area contributed by atoms with Gasteiger partial charge in [-0.25, -0.2) is 0 Å². The normalized spacial score (nSPS) is 18.6. The minimum Gasteiger partial charge on any atom is -0.493 e. The number of benzene rings is 4. The average molecular weight is 678 g/mol. The lowest BCUT2D eigenvalue weighted by Gasteiger charge is -2.37. The molecule has 4 aromatic rings. The Labute approximate surface area is 295 Å². The van der Waals surface area contributed by atoms with Gasteiger partial charge in [-0.15, -0.1) is 0 Å². The lowest BCUT2D eigenvalue weighted by molar-refractivity contribution is 0.0940. The fraction of sp³-hybridized carbons (Fsp3) is 0.390. The van der Waals surface area contributed by atoms with Gasteiger partial charge in [0.1, 0.15) is 11.5 Å². The minimum absolute atomic E-state index is 0.00159. The Morgan fingerprint density at radius 3 is 2.12 bits per heavy atom. The molecular formula is C41H47N3O6. The molecule has 1 amide bonds. The van der Waals surface area contributed by atoms with Crippen molar-refractivity contribution in [2.75, 3.05) is 48.5 Å². The number of rotatable bonds is 5. The molecule has 0 aromatic heterocycles. The van der Waals surface area contributed by atoms with Crippen LogP contribution >= 0.6 is 0 Å². The zero-order chi connectivity index (χ0) is 35.1. The van der Waals surface area contributed by atoms with Gasteiger partial charge in [-0.1, -0.05) is 18.2 Å². The molecule has 50 heavy (non-hydrogen) atoms. The van der Waals surface area contributed by atoms with Gasteiger partial charge in [-0.05, 0) is 124 Å². The van der Waals surface area contributed by atoms with Gasteiger partial charge in [0, 0.05) is 36.8 Å². The number of hydrogen-bond acceptors (Lipinski definition) is 8. The standard InChI is InChI=1S/C41H47N3O6/c1-24(2)42-41(45)30-13-10-26-19-32-31-23-36(35(46-5)21-27(31)14-16-43(32)3)50-40-38-28(22-37(47-6)39(40)48-7)15-17-44(4)33(38)18-25-8-11-29(12-9-25)49-34(30)20-26/h8-13,20-24,32-33H,14-19H2,1-7H3,(H,42,45)/t32-,33+/m1/s1. The van der Waals surface area contributed by atoms with E-state index in [1.807, 2.05) is 44.2 Å². The Kier molecular flexibility index (Phi) is 9.37. The van der Waals surface area contributed by atoms with E-state index in [0.29, 0.717) is 52.2 Å². The van der Waals surface area contributed by atoms with Crippen LogP contribution in [-0.4, -0.2) is 70.3 Å². The molecule has 1 N–H and O–H groups in total. The number of fused-ring (bicyclic) bond motifs is 2. The van der Waals surface area contributed by atoms with Crippen LogP contribution in [0.3, 0.4) is 0 Å². The summed E-state index contributed by atoms with van der Waals surface area (Å²) in [6, 6.07) is 20.5. The van der Waals surface area contributed by atoms with Crippen LogP contribution in [0.25, 0.3) is 0 Å². The molecule has 8 rings (SSSR count). The zero-order valence-corrected chi connectivity index (χ0v) is 30.1. The first-order chi connectivity index (χ1) is 24.2. The van der Waals surface area contributed by atoms with Crippen LogP contribution in [0, 0.1) is 0 Å². The molecule has 0 saturated heterocycles. The smallest absolute Gasteiger partial charge is 0.255 e.